The number of carbonyl (C=O) groups is 2. The maximum atomic E-state index is 11.1. The van der Waals surface area contributed by atoms with Crippen molar-refractivity contribution in [3.8, 4) is 0 Å². The molecule has 0 aromatic carbocycles. The number of imide groups is 1. The second-order valence-electron chi connectivity index (χ2n) is 2.49. The molecule has 16 heavy (non-hydrogen) atoms. The van der Waals surface area contributed by atoms with Gasteiger partial charge >= 0.3 is 6.09 Å². The number of thioether (sulfide) groups is 1. The highest BCUT2D eigenvalue weighted by Gasteiger charge is 2.11. The summed E-state index contributed by atoms with van der Waals surface area (Å²) in [6, 6.07) is 0. The molecule has 3 N–H and O–H groups in total. The van der Waals surface area contributed by atoms with Crippen LogP contribution < -0.4 is 11.1 Å². The van der Waals surface area contributed by atoms with Gasteiger partial charge in [-0.3, -0.25) is 10.1 Å². The van der Waals surface area contributed by atoms with Crippen molar-refractivity contribution in [2.75, 3.05) is 12.9 Å². The average Bonchev–Trinajstić information content (AvgIpc) is 2.74. The molecule has 0 spiro atoms. The van der Waals surface area contributed by atoms with Crippen molar-refractivity contribution in [2.45, 2.75) is 11.8 Å². The van der Waals surface area contributed by atoms with Gasteiger partial charge in [-0.2, -0.15) is 0 Å². The Morgan fingerprint density at radius 1 is 1.56 bits per heavy atom. The zero-order valence-electron chi connectivity index (χ0n) is 8.43. The van der Waals surface area contributed by atoms with Crippen LogP contribution in [0.1, 0.15) is 5.89 Å². The molecular weight excluding hydrogens is 236 g/mol. The van der Waals surface area contributed by atoms with Crippen LogP contribution in [0.25, 0.3) is 0 Å². The van der Waals surface area contributed by atoms with Crippen LogP contribution in [0, 0.1) is 0 Å². The third-order valence-corrected chi connectivity index (χ3v) is 2.20. The predicted octanol–water partition coefficient (Wildman–Crippen LogP) is -0.497. The van der Waals surface area contributed by atoms with E-state index in [9.17, 15) is 9.59 Å². The van der Waals surface area contributed by atoms with E-state index in [0.29, 0.717) is 0 Å². The molecule has 8 nitrogen and oxygen atoms in total. The molecule has 1 aromatic rings. The summed E-state index contributed by atoms with van der Waals surface area (Å²) >= 11 is 1.00. The fraction of sp³-hybridized carbons (Fsp3) is 0.429. The highest BCUT2D eigenvalue weighted by molar-refractivity contribution is 7.99. The van der Waals surface area contributed by atoms with Crippen LogP contribution in [0.2, 0.25) is 0 Å². The maximum absolute atomic E-state index is 11.1. The zero-order chi connectivity index (χ0) is 12.0. The first-order valence-electron chi connectivity index (χ1n) is 4.18. The molecule has 9 heteroatoms. The molecule has 0 saturated heterocycles. The SMILES string of the molecule is COC(=O)NC(=O)CSc1nnc(CN)o1. The monoisotopic (exact) mass is 246 g/mol. The van der Waals surface area contributed by atoms with Crippen LogP contribution in [0.5, 0.6) is 0 Å². The summed E-state index contributed by atoms with van der Waals surface area (Å²) in [5, 5.41) is 9.44. The molecule has 0 atom stereocenters. The Morgan fingerprint density at radius 3 is 2.88 bits per heavy atom. The smallest absolute Gasteiger partial charge is 0.413 e. The summed E-state index contributed by atoms with van der Waals surface area (Å²) in [7, 11) is 1.17. The van der Waals surface area contributed by atoms with Gasteiger partial charge in [0.25, 0.3) is 5.22 Å². The van der Waals surface area contributed by atoms with E-state index in [2.05, 4.69) is 14.9 Å². The third kappa shape index (κ3) is 3.87. The van der Waals surface area contributed by atoms with E-state index >= 15 is 0 Å². The van der Waals surface area contributed by atoms with Gasteiger partial charge in [0.05, 0.1) is 19.4 Å². The molecule has 1 aromatic heterocycles. The second-order valence-corrected chi connectivity index (χ2v) is 3.42. The standard InChI is InChI=1S/C7H10N4O4S/c1-14-6(13)9-4(12)3-16-7-11-10-5(2-8)15-7/h2-3,8H2,1H3,(H,9,12,13). The van der Waals surface area contributed by atoms with E-state index in [1.807, 2.05) is 5.32 Å². The van der Waals surface area contributed by atoms with E-state index < -0.39 is 12.0 Å². The van der Waals surface area contributed by atoms with Crippen molar-refractivity contribution in [1.29, 1.82) is 0 Å². The largest absolute Gasteiger partial charge is 0.453 e. The van der Waals surface area contributed by atoms with Crippen LogP contribution in [0.15, 0.2) is 9.64 Å². The number of nitrogens with two attached hydrogens (primary N) is 1. The highest BCUT2D eigenvalue weighted by atomic mass is 32.2. The number of methoxy groups -OCH3 is 1. The highest BCUT2D eigenvalue weighted by Crippen LogP contribution is 2.15. The molecule has 2 amide bonds. The summed E-state index contributed by atoms with van der Waals surface area (Å²) in [4.78, 5) is 21.8. The molecule has 0 fully saturated rings. The minimum absolute atomic E-state index is 0.0265. The van der Waals surface area contributed by atoms with E-state index in [0.717, 1.165) is 11.8 Å². The summed E-state index contributed by atoms with van der Waals surface area (Å²) in [5.41, 5.74) is 5.26. The van der Waals surface area contributed by atoms with Crippen LogP contribution in [-0.2, 0) is 16.1 Å². The topological polar surface area (TPSA) is 120 Å². The van der Waals surface area contributed by atoms with Crippen molar-refractivity contribution in [3.05, 3.63) is 5.89 Å². The van der Waals surface area contributed by atoms with Gasteiger partial charge in [0.2, 0.25) is 11.8 Å². The van der Waals surface area contributed by atoms with E-state index in [1.54, 1.807) is 0 Å². The minimum atomic E-state index is -0.807. The van der Waals surface area contributed by atoms with Crippen molar-refractivity contribution < 1.29 is 18.7 Å². The van der Waals surface area contributed by atoms with E-state index in [4.69, 9.17) is 10.2 Å². The molecule has 0 saturated carbocycles. The average molecular weight is 246 g/mol. The lowest BCUT2D eigenvalue weighted by molar-refractivity contribution is -0.117. The molecule has 1 heterocycles. The number of alkyl carbamates (subject to hydrolysis) is 1. The zero-order valence-corrected chi connectivity index (χ0v) is 9.24. The summed E-state index contributed by atoms with van der Waals surface area (Å²) in [5.74, 6) is -0.248. The molecule has 0 aliphatic carbocycles. The number of aromatic nitrogens is 2. The van der Waals surface area contributed by atoms with E-state index in [1.165, 1.54) is 7.11 Å². The van der Waals surface area contributed by atoms with Crippen molar-refractivity contribution >= 4 is 23.8 Å². The van der Waals surface area contributed by atoms with Gasteiger partial charge in [-0.1, -0.05) is 11.8 Å². The third-order valence-electron chi connectivity index (χ3n) is 1.38. The molecule has 0 aliphatic rings. The Morgan fingerprint density at radius 2 is 2.31 bits per heavy atom. The molecular formula is C7H10N4O4S. The number of hydrogen-bond acceptors (Lipinski definition) is 8. The van der Waals surface area contributed by atoms with E-state index in [-0.39, 0.29) is 23.4 Å². The number of carbonyl (C=O) groups excluding carboxylic acids is 2. The number of rotatable bonds is 4. The fourth-order valence-corrected chi connectivity index (χ4v) is 1.29. The fourth-order valence-electron chi connectivity index (χ4n) is 0.707. The van der Waals surface area contributed by atoms with Gasteiger partial charge in [-0.15, -0.1) is 10.2 Å². The number of amides is 2. The molecule has 0 radical (unpaired) electrons. The predicted molar refractivity (Wildman–Crippen MR) is 53.5 cm³/mol. The first-order valence-corrected chi connectivity index (χ1v) is 5.17. The lowest BCUT2D eigenvalue weighted by Gasteiger charge is -1.99. The van der Waals surface area contributed by atoms with Gasteiger partial charge in [0.1, 0.15) is 0 Å². The Labute approximate surface area is 94.9 Å². The Bertz CT molecular complexity index is 380. The quantitative estimate of drug-likeness (QED) is 0.682. The summed E-state index contributed by atoms with van der Waals surface area (Å²) in [6.07, 6.45) is -0.807. The number of ether oxygens (including phenoxy) is 1. The van der Waals surface area contributed by atoms with Crippen molar-refractivity contribution in [3.63, 3.8) is 0 Å². The van der Waals surface area contributed by atoms with Crippen LogP contribution in [0.3, 0.4) is 0 Å². The Balaban J connectivity index is 2.34. The van der Waals surface area contributed by atoms with Gasteiger partial charge in [-0.05, 0) is 0 Å². The molecule has 0 unspecified atom stereocenters. The maximum Gasteiger partial charge on any atom is 0.413 e. The first-order chi connectivity index (χ1) is 7.65. The Hall–Kier alpha value is -1.61. The van der Waals surface area contributed by atoms with Gasteiger partial charge in [-0.25, -0.2) is 4.79 Å². The van der Waals surface area contributed by atoms with Crippen molar-refractivity contribution in [2.24, 2.45) is 5.73 Å². The van der Waals surface area contributed by atoms with Crippen molar-refractivity contribution in [1.82, 2.24) is 15.5 Å². The minimum Gasteiger partial charge on any atom is -0.453 e. The normalized spacial score (nSPS) is 9.88. The number of nitrogens with zero attached hydrogens (tertiary/aromatic N) is 2. The lowest BCUT2D eigenvalue weighted by Crippen LogP contribution is -2.31. The van der Waals surface area contributed by atoms with Gasteiger partial charge < -0.3 is 14.9 Å². The lowest BCUT2D eigenvalue weighted by atomic mass is 10.7. The van der Waals surface area contributed by atoms with Crippen LogP contribution in [0.4, 0.5) is 4.79 Å². The molecule has 88 valence electrons. The van der Waals surface area contributed by atoms with Gasteiger partial charge in [0, 0.05) is 0 Å². The van der Waals surface area contributed by atoms with Crippen LogP contribution >= 0.6 is 11.8 Å². The van der Waals surface area contributed by atoms with Gasteiger partial charge in [0.15, 0.2) is 0 Å². The summed E-state index contributed by atoms with van der Waals surface area (Å²) < 4.78 is 9.28. The first kappa shape index (κ1) is 12.5. The van der Waals surface area contributed by atoms with Crippen LogP contribution in [-0.4, -0.2) is 35.1 Å². The molecule has 1 rings (SSSR count). The number of hydrogen-bond donors (Lipinski definition) is 2. The molecule has 0 aliphatic heterocycles. The number of nitrogens with one attached hydrogen (secondary N) is 1. The Kier molecular flexibility index (Phi) is 4.73. The summed E-state index contributed by atoms with van der Waals surface area (Å²) in [6.45, 7) is 0.141. The molecule has 0 bridgehead atoms. The second kappa shape index (κ2) is 6.08.